The Balaban J connectivity index is 2.48. The van der Waals surface area contributed by atoms with E-state index in [1.807, 2.05) is 0 Å². The van der Waals surface area contributed by atoms with Crippen LogP contribution >= 0.6 is 0 Å². The van der Waals surface area contributed by atoms with Crippen LogP contribution < -0.4 is 0 Å². The molecule has 0 amide bonds. The maximum Gasteiger partial charge on any atom is 0.0277 e. The summed E-state index contributed by atoms with van der Waals surface area (Å²) in [5, 5.41) is 0. The molecule has 0 bridgehead atoms. The summed E-state index contributed by atoms with van der Waals surface area (Å²) in [4.78, 5) is 2.45. The predicted molar refractivity (Wildman–Crippen MR) is 49.7 cm³/mol. The third-order valence-corrected chi connectivity index (χ3v) is 2.35. The van der Waals surface area contributed by atoms with Crippen LogP contribution in [0.15, 0.2) is 11.6 Å². The second-order valence-electron chi connectivity index (χ2n) is 3.79. The zero-order chi connectivity index (χ0) is 8.27. The van der Waals surface area contributed by atoms with Crippen molar-refractivity contribution < 1.29 is 0 Å². The topological polar surface area (TPSA) is 3.24 Å². The summed E-state index contributed by atoms with van der Waals surface area (Å²) in [6.07, 6.45) is 6.52. The van der Waals surface area contributed by atoms with Gasteiger partial charge < -0.3 is 0 Å². The second kappa shape index (κ2) is 3.91. The highest BCUT2D eigenvalue weighted by Crippen LogP contribution is 2.16. The minimum absolute atomic E-state index is 0.716. The van der Waals surface area contributed by atoms with Gasteiger partial charge in [-0.05, 0) is 40.3 Å². The summed E-state index contributed by atoms with van der Waals surface area (Å²) >= 11 is 0. The monoisotopic (exact) mass is 153 g/mol. The van der Waals surface area contributed by atoms with Crippen LogP contribution in [-0.2, 0) is 0 Å². The second-order valence-corrected chi connectivity index (χ2v) is 3.79. The van der Waals surface area contributed by atoms with Crippen LogP contribution in [0.1, 0.15) is 33.1 Å². The van der Waals surface area contributed by atoms with Crippen molar-refractivity contribution in [3.8, 4) is 0 Å². The molecule has 0 aromatic heterocycles. The van der Waals surface area contributed by atoms with Crippen LogP contribution in [0, 0.1) is 0 Å². The summed E-state index contributed by atoms with van der Waals surface area (Å²) in [6, 6.07) is 0.716. The van der Waals surface area contributed by atoms with E-state index in [0.29, 0.717) is 6.04 Å². The number of allylic oxidation sites excluding steroid dienone is 1. The van der Waals surface area contributed by atoms with E-state index in [9.17, 15) is 0 Å². The van der Waals surface area contributed by atoms with Crippen molar-refractivity contribution in [1.82, 2.24) is 4.90 Å². The summed E-state index contributed by atoms with van der Waals surface area (Å²) in [6.45, 7) is 5.64. The van der Waals surface area contributed by atoms with Gasteiger partial charge >= 0.3 is 0 Å². The van der Waals surface area contributed by atoms with Gasteiger partial charge in [-0.1, -0.05) is 18.1 Å². The molecule has 1 atom stereocenters. The lowest BCUT2D eigenvalue weighted by molar-refractivity contribution is 0.221. The third kappa shape index (κ3) is 2.66. The first-order valence-electron chi connectivity index (χ1n) is 4.55. The van der Waals surface area contributed by atoms with E-state index >= 15 is 0 Å². The zero-order valence-corrected chi connectivity index (χ0v) is 7.93. The Kier molecular flexibility index (Phi) is 3.13. The molecule has 1 rings (SSSR count). The average molecular weight is 153 g/mol. The fraction of sp³-hybridized carbons (Fsp3) is 0.800. The molecule has 1 unspecified atom stereocenters. The maximum absolute atomic E-state index is 2.45. The molecule has 64 valence electrons. The van der Waals surface area contributed by atoms with Gasteiger partial charge in [-0.2, -0.15) is 0 Å². The number of likely N-dealkylation sites (N-methyl/N-ethyl adjacent to an activating group) is 1. The molecule has 1 heterocycles. The molecule has 0 aliphatic carbocycles. The van der Waals surface area contributed by atoms with Crippen LogP contribution in [0.5, 0.6) is 0 Å². The molecule has 0 aromatic rings. The van der Waals surface area contributed by atoms with Gasteiger partial charge in [0.05, 0.1) is 0 Å². The Morgan fingerprint density at radius 1 is 1.36 bits per heavy atom. The van der Waals surface area contributed by atoms with Gasteiger partial charge in [-0.3, -0.25) is 4.90 Å². The Hall–Kier alpha value is -0.300. The van der Waals surface area contributed by atoms with E-state index in [0.717, 1.165) is 0 Å². The van der Waals surface area contributed by atoms with Gasteiger partial charge in [-0.25, -0.2) is 0 Å². The van der Waals surface area contributed by atoms with Crippen molar-refractivity contribution in [2.45, 2.75) is 39.2 Å². The van der Waals surface area contributed by atoms with E-state index in [2.05, 4.69) is 31.9 Å². The summed E-state index contributed by atoms with van der Waals surface area (Å²) in [5.41, 5.74) is 1.45. The molecule has 0 spiro atoms. The molecule has 1 nitrogen and oxygen atoms in total. The lowest BCUT2D eigenvalue weighted by Gasteiger charge is -2.30. The highest BCUT2D eigenvalue weighted by atomic mass is 15.1. The highest BCUT2D eigenvalue weighted by molar-refractivity contribution is 5.02. The van der Waals surface area contributed by atoms with Crippen molar-refractivity contribution >= 4 is 0 Å². The molecule has 0 N–H and O–H groups in total. The summed E-state index contributed by atoms with van der Waals surface area (Å²) < 4.78 is 0. The Morgan fingerprint density at radius 2 is 2.09 bits per heavy atom. The van der Waals surface area contributed by atoms with Gasteiger partial charge in [0.25, 0.3) is 0 Å². The van der Waals surface area contributed by atoms with Gasteiger partial charge in [0.2, 0.25) is 0 Å². The zero-order valence-electron chi connectivity index (χ0n) is 7.93. The quantitative estimate of drug-likeness (QED) is 0.523. The van der Waals surface area contributed by atoms with Gasteiger partial charge in [-0.15, -0.1) is 0 Å². The number of hydrogen-bond acceptors (Lipinski definition) is 1. The first-order chi connectivity index (χ1) is 5.20. The van der Waals surface area contributed by atoms with E-state index in [-0.39, 0.29) is 0 Å². The maximum atomic E-state index is 2.45. The Labute approximate surface area is 70.1 Å². The van der Waals surface area contributed by atoms with Crippen molar-refractivity contribution in [3.63, 3.8) is 0 Å². The lowest BCUT2D eigenvalue weighted by atomic mass is 10.0. The van der Waals surface area contributed by atoms with Crippen molar-refractivity contribution in [3.05, 3.63) is 11.6 Å². The normalized spacial score (nSPS) is 26.6. The fourth-order valence-electron chi connectivity index (χ4n) is 1.70. The first-order valence-corrected chi connectivity index (χ1v) is 4.55. The van der Waals surface area contributed by atoms with Crippen molar-refractivity contribution in [2.24, 2.45) is 0 Å². The molecule has 0 aromatic carbocycles. The predicted octanol–water partition coefficient (Wildman–Crippen LogP) is 2.44. The van der Waals surface area contributed by atoms with Crippen molar-refractivity contribution in [1.29, 1.82) is 0 Å². The van der Waals surface area contributed by atoms with Gasteiger partial charge in [0.15, 0.2) is 0 Å². The molecule has 1 aliphatic rings. The number of hydrogen-bond donors (Lipinski definition) is 0. The van der Waals surface area contributed by atoms with Gasteiger partial charge in [0, 0.05) is 6.04 Å². The SMILES string of the molecule is CC(C)=CC1CCCCN1C. The highest BCUT2D eigenvalue weighted by Gasteiger charge is 2.15. The molecule has 1 fully saturated rings. The smallest absolute Gasteiger partial charge is 0.0277 e. The number of piperidine rings is 1. The standard InChI is InChI=1S/C10H19N/c1-9(2)8-10-6-4-5-7-11(10)3/h8,10H,4-7H2,1-3H3. The number of rotatable bonds is 1. The third-order valence-electron chi connectivity index (χ3n) is 2.35. The minimum atomic E-state index is 0.716. The van der Waals surface area contributed by atoms with Crippen LogP contribution in [0.25, 0.3) is 0 Å². The van der Waals surface area contributed by atoms with Gasteiger partial charge in [0.1, 0.15) is 0 Å². The number of likely N-dealkylation sites (tertiary alicyclic amines) is 1. The molecule has 11 heavy (non-hydrogen) atoms. The van der Waals surface area contributed by atoms with Crippen LogP contribution in [0.3, 0.4) is 0 Å². The van der Waals surface area contributed by atoms with E-state index < -0.39 is 0 Å². The molecular weight excluding hydrogens is 134 g/mol. The van der Waals surface area contributed by atoms with Crippen LogP contribution in [0.4, 0.5) is 0 Å². The minimum Gasteiger partial charge on any atom is -0.300 e. The van der Waals surface area contributed by atoms with E-state index in [1.165, 1.54) is 31.4 Å². The first kappa shape index (κ1) is 8.79. The fourth-order valence-corrected chi connectivity index (χ4v) is 1.70. The molecule has 1 aliphatic heterocycles. The Bertz CT molecular complexity index is 145. The molecule has 1 heteroatoms. The van der Waals surface area contributed by atoms with E-state index in [1.54, 1.807) is 0 Å². The largest absolute Gasteiger partial charge is 0.300 e. The van der Waals surface area contributed by atoms with E-state index in [4.69, 9.17) is 0 Å². The Morgan fingerprint density at radius 3 is 2.64 bits per heavy atom. The molecular formula is C10H19N. The average Bonchev–Trinajstić information content (AvgIpc) is 1.93. The summed E-state index contributed by atoms with van der Waals surface area (Å²) in [5.74, 6) is 0. The van der Waals surface area contributed by atoms with Crippen LogP contribution in [0.2, 0.25) is 0 Å². The summed E-state index contributed by atoms with van der Waals surface area (Å²) in [7, 11) is 2.23. The number of nitrogens with zero attached hydrogens (tertiary/aromatic N) is 1. The molecule has 1 saturated heterocycles. The lowest BCUT2D eigenvalue weighted by Crippen LogP contribution is -2.34. The van der Waals surface area contributed by atoms with Crippen LogP contribution in [-0.4, -0.2) is 24.5 Å². The molecule has 0 saturated carbocycles. The van der Waals surface area contributed by atoms with Crippen molar-refractivity contribution in [2.75, 3.05) is 13.6 Å². The molecule has 0 radical (unpaired) electrons.